The number of aliphatic hydroxyl groups is 2. The molecule has 0 amide bonds. The van der Waals surface area contributed by atoms with Crippen molar-refractivity contribution in [2.24, 2.45) is 0 Å². The molecule has 1 aromatic rings. The molecule has 1 rings (SSSR count). The highest BCUT2D eigenvalue weighted by molar-refractivity contribution is 9.10. The van der Waals surface area contributed by atoms with Crippen molar-refractivity contribution in [1.82, 2.24) is 0 Å². The van der Waals surface area contributed by atoms with Crippen molar-refractivity contribution in [3.63, 3.8) is 0 Å². The van der Waals surface area contributed by atoms with E-state index >= 15 is 0 Å². The second kappa shape index (κ2) is 5.81. The van der Waals surface area contributed by atoms with Crippen LogP contribution in [-0.2, 0) is 9.53 Å². The van der Waals surface area contributed by atoms with Gasteiger partial charge in [0.1, 0.15) is 12.4 Å². The maximum absolute atomic E-state index is 10.9. The lowest BCUT2D eigenvalue weighted by Crippen LogP contribution is -2.44. The largest absolute Gasteiger partial charge is 0.428 e. The Kier molecular flexibility index (Phi) is 4.68. The Morgan fingerprint density at radius 1 is 1.47 bits per heavy atom. The second-order valence-electron chi connectivity index (χ2n) is 3.05. The Labute approximate surface area is 106 Å². The Morgan fingerprint density at radius 3 is 2.53 bits per heavy atom. The van der Waals surface area contributed by atoms with Crippen molar-refractivity contribution in [3.05, 3.63) is 41.4 Å². The third-order valence-corrected chi connectivity index (χ3v) is 2.25. The van der Waals surface area contributed by atoms with Crippen molar-refractivity contribution in [2.45, 2.75) is 5.97 Å². The van der Waals surface area contributed by atoms with E-state index in [0.29, 0.717) is 0 Å². The quantitative estimate of drug-likeness (QED) is 0.485. The van der Waals surface area contributed by atoms with Gasteiger partial charge in [0.15, 0.2) is 0 Å². The second-order valence-corrected chi connectivity index (χ2v) is 3.97. The molecule has 0 bridgehead atoms. The first-order chi connectivity index (χ1) is 7.99. The molecule has 1 atom stereocenters. The Bertz CT molecular complexity index is 403. The SMILES string of the molecule is C=CC(=O)OC(O)(CO)Oc1ccc(Br)cc1. The van der Waals surface area contributed by atoms with Crippen LogP contribution in [0.5, 0.6) is 5.75 Å². The molecule has 17 heavy (non-hydrogen) atoms. The summed E-state index contributed by atoms with van der Waals surface area (Å²) in [5.41, 5.74) is 0. The Balaban J connectivity index is 2.77. The summed E-state index contributed by atoms with van der Waals surface area (Å²) in [6, 6.07) is 6.41. The van der Waals surface area contributed by atoms with Crippen LogP contribution >= 0.6 is 15.9 Å². The fourth-order valence-corrected chi connectivity index (χ4v) is 1.24. The molecule has 92 valence electrons. The minimum Gasteiger partial charge on any atom is -0.428 e. The molecule has 5 nitrogen and oxygen atoms in total. The third kappa shape index (κ3) is 4.18. The van der Waals surface area contributed by atoms with Crippen molar-refractivity contribution >= 4 is 21.9 Å². The topological polar surface area (TPSA) is 76.0 Å². The Morgan fingerprint density at radius 2 is 2.06 bits per heavy atom. The zero-order valence-corrected chi connectivity index (χ0v) is 10.4. The van der Waals surface area contributed by atoms with Crippen LogP contribution in [0.4, 0.5) is 0 Å². The first kappa shape index (κ1) is 13.7. The number of esters is 1. The summed E-state index contributed by atoms with van der Waals surface area (Å²) in [5.74, 6) is -3.08. The van der Waals surface area contributed by atoms with Gasteiger partial charge in [-0.15, -0.1) is 0 Å². The lowest BCUT2D eigenvalue weighted by Gasteiger charge is -2.25. The fraction of sp³-hybridized carbons (Fsp3) is 0.182. The number of carbonyl (C=O) groups is 1. The molecule has 0 saturated heterocycles. The summed E-state index contributed by atoms with van der Waals surface area (Å²) in [6.07, 6.45) is 0.853. The van der Waals surface area contributed by atoms with Crippen LogP contribution in [0.2, 0.25) is 0 Å². The number of rotatable bonds is 5. The predicted molar refractivity (Wildman–Crippen MR) is 63.1 cm³/mol. The summed E-state index contributed by atoms with van der Waals surface area (Å²) in [4.78, 5) is 10.9. The highest BCUT2D eigenvalue weighted by Crippen LogP contribution is 2.20. The van der Waals surface area contributed by atoms with Crippen molar-refractivity contribution in [2.75, 3.05) is 6.61 Å². The van der Waals surface area contributed by atoms with Gasteiger partial charge in [-0.3, -0.25) is 0 Å². The van der Waals surface area contributed by atoms with E-state index in [1.165, 1.54) is 12.1 Å². The molecule has 0 radical (unpaired) electrons. The lowest BCUT2D eigenvalue weighted by molar-refractivity contribution is -0.313. The summed E-state index contributed by atoms with van der Waals surface area (Å²) in [7, 11) is 0. The third-order valence-electron chi connectivity index (χ3n) is 1.72. The molecule has 1 aromatic carbocycles. The van der Waals surface area contributed by atoms with Crippen LogP contribution in [0.15, 0.2) is 41.4 Å². The maximum atomic E-state index is 10.9. The van der Waals surface area contributed by atoms with E-state index in [4.69, 9.17) is 9.84 Å². The molecule has 6 heteroatoms. The number of ether oxygens (including phenoxy) is 2. The Hall–Kier alpha value is -1.37. The van der Waals surface area contributed by atoms with Gasteiger partial charge >= 0.3 is 11.9 Å². The summed E-state index contributed by atoms with van der Waals surface area (Å²) >= 11 is 3.23. The van der Waals surface area contributed by atoms with E-state index in [1.54, 1.807) is 12.1 Å². The van der Waals surface area contributed by atoms with Crippen molar-refractivity contribution in [3.8, 4) is 5.75 Å². The molecular weight excluding hydrogens is 292 g/mol. The van der Waals surface area contributed by atoms with Gasteiger partial charge in [-0.05, 0) is 24.3 Å². The van der Waals surface area contributed by atoms with Gasteiger partial charge in [-0.2, -0.15) is 0 Å². The monoisotopic (exact) mass is 302 g/mol. The van der Waals surface area contributed by atoms with Gasteiger partial charge in [0.2, 0.25) is 0 Å². The van der Waals surface area contributed by atoms with E-state index in [-0.39, 0.29) is 5.75 Å². The van der Waals surface area contributed by atoms with Crippen molar-refractivity contribution < 1.29 is 24.5 Å². The average Bonchev–Trinajstić information content (AvgIpc) is 2.32. The molecule has 0 spiro atoms. The number of aliphatic hydroxyl groups excluding tert-OH is 1. The molecule has 1 unspecified atom stereocenters. The number of halogens is 1. The van der Waals surface area contributed by atoms with Crippen LogP contribution < -0.4 is 4.74 Å². The number of benzene rings is 1. The van der Waals surface area contributed by atoms with E-state index in [9.17, 15) is 9.90 Å². The van der Waals surface area contributed by atoms with Gasteiger partial charge in [0, 0.05) is 10.5 Å². The molecule has 0 aliphatic heterocycles. The molecule has 0 fully saturated rings. The van der Waals surface area contributed by atoms with Gasteiger partial charge in [-0.1, -0.05) is 22.5 Å². The van der Waals surface area contributed by atoms with Gasteiger partial charge < -0.3 is 19.7 Å². The van der Waals surface area contributed by atoms with Crippen LogP contribution in [0, 0.1) is 0 Å². The zero-order valence-electron chi connectivity index (χ0n) is 8.80. The average molecular weight is 303 g/mol. The zero-order chi connectivity index (χ0) is 12.9. The predicted octanol–water partition coefficient (Wildman–Crippen LogP) is 1.20. The van der Waals surface area contributed by atoms with Crippen LogP contribution in [0.3, 0.4) is 0 Å². The maximum Gasteiger partial charge on any atom is 0.396 e. The van der Waals surface area contributed by atoms with Crippen molar-refractivity contribution in [1.29, 1.82) is 0 Å². The van der Waals surface area contributed by atoms with Gasteiger partial charge in [-0.25, -0.2) is 4.79 Å². The molecule has 0 saturated carbocycles. The number of hydrogen-bond acceptors (Lipinski definition) is 5. The van der Waals surface area contributed by atoms with Crippen LogP contribution in [0.1, 0.15) is 0 Å². The smallest absolute Gasteiger partial charge is 0.396 e. The molecule has 0 aromatic heterocycles. The van der Waals surface area contributed by atoms with Crippen LogP contribution in [-0.4, -0.2) is 28.8 Å². The lowest BCUT2D eigenvalue weighted by atomic mass is 10.3. The minimum absolute atomic E-state index is 0.238. The fourth-order valence-electron chi connectivity index (χ4n) is 0.971. The summed E-state index contributed by atoms with van der Waals surface area (Å²) in [6.45, 7) is 2.27. The molecule has 0 aliphatic carbocycles. The molecular formula is C11H11BrO5. The molecule has 2 N–H and O–H groups in total. The highest BCUT2D eigenvalue weighted by atomic mass is 79.9. The van der Waals surface area contributed by atoms with E-state index in [2.05, 4.69) is 27.2 Å². The van der Waals surface area contributed by atoms with Gasteiger partial charge in [0.25, 0.3) is 0 Å². The highest BCUT2D eigenvalue weighted by Gasteiger charge is 2.33. The van der Waals surface area contributed by atoms with Gasteiger partial charge in [0.05, 0.1) is 0 Å². The van der Waals surface area contributed by atoms with E-state index in [1.807, 2.05) is 0 Å². The molecule has 0 aliphatic rings. The number of hydrogen-bond donors (Lipinski definition) is 2. The summed E-state index contributed by atoms with van der Waals surface area (Å²) < 4.78 is 10.3. The normalized spacial score (nSPS) is 13.6. The van der Waals surface area contributed by atoms with Crippen LogP contribution in [0.25, 0.3) is 0 Å². The van der Waals surface area contributed by atoms with E-state index < -0.39 is 18.5 Å². The molecule has 0 heterocycles. The standard InChI is InChI=1S/C11H11BrO5/c1-2-10(14)17-11(15,7-13)16-9-5-3-8(12)4-6-9/h2-6,13,15H,1,7H2. The number of carbonyl (C=O) groups excluding carboxylic acids is 1. The van der Waals surface area contributed by atoms with E-state index in [0.717, 1.165) is 10.5 Å². The first-order valence-electron chi connectivity index (χ1n) is 4.62. The first-order valence-corrected chi connectivity index (χ1v) is 5.41. The minimum atomic E-state index is -2.42. The summed E-state index contributed by atoms with van der Waals surface area (Å²) in [5, 5.41) is 18.6.